The van der Waals surface area contributed by atoms with E-state index in [1.807, 2.05) is 0 Å². The molecule has 5 nitrogen and oxygen atoms in total. The number of rotatable bonds is 9. The van der Waals surface area contributed by atoms with E-state index in [1.54, 1.807) is 49.6 Å². The lowest BCUT2D eigenvalue weighted by Gasteiger charge is -2.09. The summed E-state index contributed by atoms with van der Waals surface area (Å²) in [4.78, 5) is 0. The van der Waals surface area contributed by atoms with Crippen LogP contribution in [0, 0.1) is 5.82 Å². The number of ether oxygens (including phenoxy) is 2. The fourth-order valence-electron chi connectivity index (χ4n) is 2.06. The Balaban J connectivity index is 1.73. The van der Waals surface area contributed by atoms with Crippen LogP contribution in [0.15, 0.2) is 48.5 Å². The first-order valence-electron chi connectivity index (χ1n) is 7.48. The molecule has 0 amide bonds. The number of hydrogen-bond acceptors (Lipinski definition) is 4. The van der Waals surface area contributed by atoms with Crippen LogP contribution in [0.4, 0.5) is 4.39 Å². The summed E-state index contributed by atoms with van der Waals surface area (Å²) in [6.45, 7) is 0.344. The van der Waals surface area contributed by atoms with Crippen LogP contribution in [0.3, 0.4) is 0 Å². The van der Waals surface area contributed by atoms with Crippen molar-refractivity contribution < 1.29 is 22.3 Å². The van der Waals surface area contributed by atoms with E-state index in [1.165, 1.54) is 6.07 Å². The Hall–Kier alpha value is -2.12. The standard InChI is InChI=1S/C17H20FNO4S/c1-22-15-6-8-16(9-7-15)23-12-11-19-24(20,21)13-10-14-4-2-3-5-17(14)18/h2-9,19H,10-13H2,1H3. The van der Waals surface area contributed by atoms with E-state index in [0.29, 0.717) is 11.3 Å². The van der Waals surface area contributed by atoms with Crippen molar-refractivity contribution in [2.45, 2.75) is 6.42 Å². The van der Waals surface area contributed by atoms with Gasteiger partial charge in [0.25, 0.3) is 0 Å². The van der Waals surface area contributed by atoms with E-state index in [0.717, 1.165) is 5.75 Å². The van der Waals surface area contributed by atoms with Gasteiger partial charge in [-0.15, -0.1) is 0 Å². The second-order valence-electron chi connectivity index (χ2n) is 5.08. The molecule has 0 saturated carbocycles. The second-order valence-corrected chi connectivity index (χ2v) is 7.01. The Morgan fingerprint density at radius 2 is 1.71 bits per heavy atom. The van der Waals surface area contributed by atoms with E-state index < -0.39 is 15.8 Å². The Bertz CT molecular complexity index is 747. The molecular weight excluding hydrogens is 333 g/mol. The zero-order chi connectivity index (χ0) is 17.4. The van der Waals surface area contributed by atoms with Gasteiger partial charge in [-0.2, -0.15) is 0 Å². The Morgan fingerprint density at radius 3 is 2.38 bits per heavy atom. The predicted molar refractivity (Wildman–Crippen MR) is 90.4 cm³/mol. The normalized spacial score (nSPS) is 11.2. The first kappa shape index (κ1) is 18.2. The molecule has 24 heavy (non-hydrogen) atoms. The fraction of sp³-hybridized carbons (Fsp3) is 0.294. The van der Waals surface area contributed by atoms with Crippen molar-refractivity contribution in [3.8, 4) is 11.5 Å². The summed E-state index contributed by atoms with van der Waals surface area (Å²) in [5.41, 5.74) is 0.386. The van der Waals surface area contributed by atoms with Crippen molar-refractivity contribution in [3.63, 3.8) is 0 Å². The summed E-state index contributed by atoms with van der Waals surface area (Å²) in [7, 11) is -1.90. The van der Waals surface area contributed by atoms with E-state index in [2.05, 4.69) is 4.72 Å². The molecule has 0 atom stereocenters. The summed E-state index contributed by atoms with van der Waals surface area (Å²) in [6.07, 6.45) is 0.126. The SMILES string of the molecule is COc1ccc(OCCNS(=O)(=O)CCc2ccccc2F)cc1. The fourth-order valence-corrected chi connectivity index (χ4v) is 3.08. The molecule has 0 aliphatic heterocycles. The molecule has 2 aromatic carbocycles. The monoisotopic (exact) mass is 353 g/mol. The van der Waals surface area contributed by atoms with Crippen LogP contribution in [0.2, 0.25) is 0 Å². The number of aryl methyl sites for hydroxylation is 1. The Labute approximate surface area is 141 Å². The lowest BCUT2D eigenvalue weighted by atomic mass is 10.2. The lowest BCUT2D eigenvalue weighted by Crippen LogP contribution is -2.31. The molecule has 2 aromatic rings. The van der Waals surface area contributed by atoms with Gasteiger partial charge in [0, 0.05) is 6.54 Å². The molecule has 0 unspecified atom stereocenters. The molecular formula is C17H20FNO4S. The molecule has 0 aliphatic carbocycles. The molecule has 0 saturated heterocycles. The van der Waals surface area contributed by atoms with Crippen LogP contribution in [-0.2, 0) is 16.4 Å². The van der Waals surface area contributed by atoms with Crippen molar-refractivity contribution in [3.05, 3.63) is 59.9 Å². The van der Waals surface area contributed by atoms with E-state index in [-0.39, 0.29) is 25.3 Å². The van der Waals surface area contributed by atoms with E-state index in [4.69, 9.17) is 9.47 Å². The highest BCUT2D eigenvalue weighted by molar-refractivity contribution is 7.89. The number of benzene rings is 2. The van der Waals surface area contributed by atoms with Gasteiger partial charge < -0.3 is 9.47 Å². The smallest absolute Gasteiger partial charge is 0.212 e. The van der Waals surface area contributed by atoms with Crippen LogP contribution in [0.25, 0.3) is 0 Å². The average molecular weight is 353 g/mol. The minimum Gasteiger partial charge on any atom is -0.497 e. The minimum atomic E-state index is -3.48. The quantitative estimate of drug-likeness (QED) is 0.703. The first-order chi connectivity index (χ1) is 11.5. The summed E-state index contributed by atoms with van der Waals surface area (Å²) >= 11 is 0. The molecule has 0 heterocycles. The average Bonchev–Trinajstić information content (AvgIpc) is 2.59. The molecule has 0 aliphatic rings. The highest BCUT2D eigenvalue weighted by atomic mass is 32.2. The van der Waals surface area contributed by atoms with Gasteiger partial charge >= 0.3 is 0 Å². The van der Waals surface area contributed by atoms with Crippen molar-refractivity contribution in [1.82, 2.24) is 4.72 Å². The van der Waals surface area contributed by atoms with Crippen LogP contribution < -0.4 is 14.2 Å². The molecule has 0 radical (unpaired) electrons. The Kier molecular flexibility index (Phi) is 6.57. The summed E-state index contributed by atoms with van der Waals surface area (Å²) in [5, 5.41) is 0. The largest absolute Gasteiger partial charge is 0.497 e. The maximum atomic E-state index is 13.5. The number of sulfonamides is 1. The van der Waals surface area contributed by atoms with Gasteiger partial charge in [0.2, 0.25) is 10.0 Å². The molecule has 7 heteroatoms. The zero-order valence-corrected chi connectivity index (χ0v) is 14.2. The minimum absolute atomic E-state index is 0.126. The van der Waals surface area contributed by atoms with Crippen LogP contribution in [-0.4, -0.2) is 34.4 Å². The first-order valence-corrected chi connectivity index (χ1v) is 9.13. The highest BCUT2D eigenvalue weighted by Crippen LogP contribution is 2.16. The van der Waals surface area contributed by atoms with Gasteiger partial charge in [-0.1, -0.05) is 18.2 Å². The van der Waals surface area contributed by atoms with Gasteiger partial charge in [-0.3, -0.25) is 0 Å². The third-order valence-electron chi connectivity index (χ3n) is 3.35. The number of hydrogen-bond donors (Lipinski definition) is 1. The zero-order valence-electron chi connectivity index (χ0n) is 13.4. The van der Waals surface area contributed by atoms with Crippen molar-refractivity contribution in [2.75, 3.05) is 26.0 Å². The molecule has 130 valence electrons. The van der Waals surface area contributed by atoms with Crippen LogP contribution in [0.5, 0.6) is 11.5 Å². The number of methoxy groups -OCH3 is 1. The predicted octanol–water partition coefficient (Wildman–Crippen LogP) is 2.38. The maximum Gasteiger partial charge on any atom is 0.212 e. The molecule has 0 bridgehead atoms. The molecule has 1 N–H and O–H groups in total. The van der Waals surface area contributed by atoms with E-state index >= 15 is 0 Å². The van der Waals surface area contributed by atoms with Gasteiger partial charge in [-0.25, -0.2) is 17.5 Å². The van der Waals surface area contributed by atoms with Gasteiger partial charge in [0.15, 0.2) is 0 Å². The summed E-state index contributed by atoms with van der Waals surface area (Å²) < 4.78 is 50.2. The topological polar surface area (TPSA) is 64.6 Å². The van der Waals surface area contributed by atoms with Crippen molar-refractivity contribution >= 4 is 10.0 Å². The molecule has 2 rings (SSSR count). The van der Waals surface area contributed by atoms with Gasteiger partial charge in [0.1, 0.15) is 23.9 Å². The van der Waals surface area contributed by atoms with Crippen LogP contribution in [0.1, 0.15) is 5.56 Å². The summed E-state index contributed by atoms with van der Waals surface area (Å²) in [6, 6.07) is 13.2. The van der Waals surface area contributed by atoms with Gasteiger partial charge in [0.05, 0.1) is 12.9 Å². The third kappa shape index (κ3) is 5.82. The van der Waals surface area contributed by atoms with Crippen LogP contribution >= 0.6 is 0 Å². The Morgan fingerprint density at radius 1 is 1.04 bits per heavy atom. The second kappa shape index (κ2) is 8.65. The number of nitrogens with one attached hydrogen (secondary N) is 1. The maximum absolute atomic E-state index is 13.5. The summed E-state index contributed by atoms with van der Waals surface area (Å²) in [5.74, 6) is 0.782. The number of halogens is 1. The van der Waals surface area contributed by atoms with Crippen molar-refractivity contribution in [1.29, 1.82) is 0 Å². The van der Waals surface area contributed by atoms with Crippen molar-refractivity contribution in [2.24, 2.45) is 0 Å². The van der Waals surface area contributed by atoms with E-state index in [9.17, 15) is 12.8 Å². The lowest BCUT2D eigenvalue weighted by molar-refractivity contribution is 0.322. The molecule has 0 fully saturated rings. The molecule has 0 spiro atoms. The molecule has 0 aromatic heterocycles. The third-order valence-corrected chi connectivity index (χ3v) is 4.74. The van der Waals surface area contributed by atoms with Gasteiger partial charge in [-0.05, 0) is 42.3 Å². The highest BCUT2D eigenvalue weighted by Gasteiger charge is 2.11.